The Morgan fingerprint density at radius 1 is 0.222 bits per heavy atom. The SMILES string of the molecule is c1ccc(-c2cccc(-n3c4ccccc4c4ccc(-n5c6cc(-c7ccccc7)ccc6c6ccc([Si](c7ccccc7)(c7ccccc7)c7ccccc7)cc65)cc43)c2)cc1. The van der Waals surface area contributed by atoms with E-state index in [1.807, 2.05) is 0 Å². The summed E-state index contributed by atoms with van der Waals surface area (Å²) in [6, 6.07) is 94.4. The van der Waals surface area contributed by atoms with Gasteiger partial charge in [-0.25, -0.2) is 0 Å². The zero-order valence-electron chi connectivity index (χ0n) is 34.6. The molecule has 0 spiro atoms. The number of rotatable bonds is 8. The van der Waals surface area contributed by atoms with E-state index in [1.165, 1.54) is 86.6 Å². The van der Waals surface area contributed by atoms with Crippen LogP contribution in [0.25, 0.3) is 77.2 Å². The maximum Gasteiger partial charge on any atom is 0.179 e. The van der Waals surface area contributed by atoms with Gasteiger partial charge in [-0.3, -0.25) is 0 Å². The van der Waals surface area contributed by atoms with Crippen molar-refractivity contribution in [3.8, 4) is 33.6 Å². The van der Waals surface area contributed by atoms with Gasteiger partial charge in [0.1, 0.15) is 0 Å². The Labute approximate surface area is 368 Å². The number of hydrogen-bond acceptors (Lipinski definition) is 0. The molecule has 0 radical (unpaired) electrons. The molecule has 2 nitrogen and oxygen atoms in total. The number of nitrogens with zero attached hydrogens (tertiary/aromatic N) is 2. The molecule has 0 atom stereocenters. The van der Waals surface area contributed by atoms with Gasteiger partial charge in [0.25, 0.3) is 0 Å². The number of aromatic nitrogens is 2. The molecule has 0 amide bonds. The first-order chi connectivity index (χ1) is 31.3. The molecule has 10 aromatic carbocycles. The normalized spacial score (nSPS) is 11.8. The third-order valence-corrected chi connectivity index (χ3v) is 17.8. The molecule has 63 heavy (non-hydrogen) atoms. The van der Waals surface area contributed by atoms with Crippen LogP contribution in [0.15, 0.2) is 255 Å². The second-order valence-corrected chi connectivity index (χ2v) is 20.3. The quantitative estimate of drug-likeness (QED) is 0.107. The summed E-state index contributed by atoms with van der Waals surface area (Å²) in [5, 5.41) is 10.4. The Bertz CT molecular complexity index is 3500. The Morgan fingerprint density at radius 2 is 0.635 bits per heavy atom. The molecule has 3 heteroatoms. The van der Waals surface area contributed by atoms with Gasteiger partial charge in [0, 0.05) is 32.9 Å². The molecule has 0 saturated heterocycles. The van der Waals surface area contributed by atoms with Gasteiger partial charge in [0.2, 0.25) is 0 Å². The van der Waals surface area contributed by atoms with Crippen LogP contribution >= 0.6 is 0 Å². The molecule has 0 aliphatic heterocycles. The largest absolute Gasteiger partial charge is 0.309 e. The van der Waals surface area contributed by atoms with E-state index in [9.17, 15) is 0 Å². The van der Waals surface area contributed by atoms with E-state index in [4.69, 9.17) is 0 Å². The lowest BCUT2D eigenvalue weighted by atomic mass is 10.0. The van der Waals surface area contributed by atoms with Gasteiger partial charge in [0.15, 0.2) is 8.07 Å². The van der Waals surface area contributed by atoms with E-state index in [0.717, 1.165) is 11.4 Å². The van der Waals surface area contributed by atoms with Crippen molar-refractivity contribution in [2.24, 2.45) is 0 Å². The number of fused-ring (bicyclic) bond motifs is 6. The maximum absolute atomic E-state index is 2.82. The first kappa shape index (κ1) is 36.8. The van der Waals surface area contributed by atoms with Crippen molar-refractivity contribution in [3.05, 3.63) is 255 Å². The van der Waals surface area contributed by atoms with Crippen molar-refractivity contribution in [1.82, 2.24) is 9.13 Å². The molecule has 0 N–H and O–H groups in total. The van der Waals surface area contributed by atoms with E-state index in [2.05, 4.69) is 264 Å². The fourth-order valence-electron chi connectivity index (χ4n) is 10.2. The monoisotopic (exact) mass is 818 g/mol. The van der Waals surface area contributed by atoms with Gasteiger partial charge >= 0.3 is 0 Å². The van der Waals surface area contributed by atoms with Crippen molar-refractivity contribution >= 4 is 72.4 Å². The van der Waals surface area contributed by atoms with Crippen molar-refractivity contribution < 1.29 is 0 Å². The Morgan fingerprint density at radius 3 is 1.24 bits per heavy atom. The third-order valence-electron chi connectivity index (χ3n) is 13.1. The first-order valence-electron chi connectivity index (χ1n) is 21.8. The lowest BCUT2D eigenvalue weighted by Crippen LogP contribution is -2.74. The number of para-hydroxylation sites is 1. The molecule has 12 aromatic rings. The van der Waals surface area contributed by atoms with Crippen LogP contribution in [0, 0.1) is 0 Å². The molecule has 0 saturated carbocycles. The molecule has 296 valence electrons. The summed E-state index contributed by atoms with van der Waals surface area (Å²) >= 11 is 0. The van der Waals surface area contributed by atoms with Gasteiger partial charge in [-0.05, 0) is 85.5 Å². The van der Waals surface area contributed by atoms with Crippen LogP contribution in [0.3, 0.4) is 0 Å². The minimum atomic E-state index is -2.82. The summed E-state index contributed by atoms with van der Waals surface area (Å²) in [5.74, 6) is 0. The molecule has 0 unspecified atom stereocenters. The van der Waals surface area contributed by atoms with Crippen LogP contribution in [0.4, 0.5) is 0 Å². The van der Waals surface area contributed by atoms with E-state index < -0.39 is 8.07 Å². The topological polar surface area (TPSA) is 9.86 Å². The van der Waals surface area contributed by atoms with Crippen LogP contribution < -0.4 is 20.7 Å². The van der Waals surface area contributed by atoms with Crippen molar-refractivity contribution in [1.29, 1.82) is 0 Å². The van der Waals surface area contributed by atoms with E-state index in [1.54, 1.807) is 0 Å². The van der Waals surface area contributed by atoms with Crippen LogP contribution in [0.2, 0.25) is 0 Å². The predicted molar refractivity (Wildman–Crippen MR) is 270 cm³/mol. The number of benzene rings is 10. The van der Waals surface area contributed by atoms with Gasteiger partial charge in [-0.1, -0.05) is 212 Å². The predicted octanol–water partition coefficient (Wildman–Crippen LogP) is 12.6. The summed E-state index contributed by atoms with van der Waals surface area (Å²) in [6.45, 7) is 0. The Balaban J connectivity index is 1.17. The van der Waals surface area contributed by atoms with Gasteiger partial charge in [-0.15, -0.1) is 0 Å². The molecule has 0 aliphatic carbocycles. The number of hydrogen-bond donors (Lipinski definition) is 0. The zero-order valence-corrected chi connectivity index (χ0v) is 35.6. The van der Waals surface area contributed by atoms with Crippen LogP contribution in [0.1, 0.15) is 0 Å². The van der Waals surface area contributed by atoms with Crippen molar-refractivity contribution in [2.45, 2.75) is 0 Å². The molecule has 0 bridgehead atoms. The fourth-order valence-corrected chi connectivity index (χ4v) is 15.0. The third kappa shape index (κ3) is 6.00. The minimum Gasteiger partial charge on any atom is -0.309 e. The Hall–Kier alpha value is -7.98. The highest BCUT2D eigenvalue weighted by Crippen LogP contribution is 2.39. The smallest absolute Gasteiger partial charge is 0.179 e. The molecule has 2 heterocycles. The molecule has 2 aromatic heterocycles. The molecular formula is C60H42N2Si. The van der Waals surface area contributed by atoms with Crippen LogP contribution in [0.5, 0.6) is 0 Å². The average Bonchev–Trinajstić information content (AvgIpc) is 3.87. The van der Waals surface area contributed by atoms with Crippen molar-refractivity contribution in [2.75, 3.05) is 0 Å². The summed E-state index contributed by atoms with van der Waals surface area (Å²) in [5.41, 5.74) is 11.8. The molecule has 0 aliphatic rings. The van der Waals surface area contributed by atoms with E-state index >= 15 is 0 Å². The highest BCUT2D eigenvalue weighted by Gasteiger charge is 2.41. The lowest BCUT2D eigenvalue weighted by molar-refractivity contribution is 1.16. The summed E-state index contributed by atoms with van der Waals surface area (Å²) in [7, 11) is -2.82. The minimum absolute atomic E-state index is 1.12. The molecule has 0 fully saturated rings. The van der Waals surface area contributed by atoms with Gasteiger partial charge in [-0.2, -0.15) is 0 Å². The highest BCUT2D eigenvalue weighted by molar-refractivity contribution is 7.20. The van der Waals surface area contributed by atoms with Crippen molar-refractivity contribution in [3.63, 3.8) is 0 Å². The second kappa shape index (κ2) is 15.2. The first-order valence-corrected chi connectivity index (χ1v) is 23.8. The van der Waals surface area contributed by atoms with Crippen LogP contribution in [-0.2, 0) is 0 Å². The molecule has 12 rings (SSSR count). The standard InChI is InChI=1S/C60H42N2Si/c1-6-19-43(20-7-1)45-23-18-24-47(39-45)61-57-32-17-16-31-53(57)55-37-34-48(41-59(55)61)62-58-40-46(44-21-8-2-9-22-44)33-36-54(58)56-38-35-52(42-60(56)62)63(49-25-10-3-11-26-49,50-27-12-4-13-28-50)51-29-14-5-15-30-51/h1-42H. The molecular weight excluding hydrogens is 777 g/mol. The highest BCUT2D eigenvalue weighted by atomic mass is 28.3. The average molecular weight is 819 g/mol. The van der Waals surface area contributed by atoms with E-state index in [0.29, 0.717) is 0 Å². The summed E-state index contributed by atoms with van der Waals surface area (Å²) < 4.78 is 4.98. The lowest BCUT2D eigenvalue weighted by Gasteiger charge is -2.34. The van der Waals surface area contributed by atoms with Gasteiger partial charge in [0.05, 0.1) is 22.1 Å². The second-order valence-electron chi connectivity index (χ2n) is 16.5. The van der Waals surface area contributed by atoms with Gasteiger partial charge < -0.3 is 9.13 Å². The maximum atomic E-state index is 2.53. The van der Waals surface area contributed by atoms with E-state index in [-0.39, 0.29) is 0 Å². The zero-order chi connectivity index (χ0) is 41.7. The Kier molecular flexibility index (Phi) is 8.87. The summed E-state index contributed by atoms with van der Waals surface area (Å²) in [4.78, 5) is 0. The fraction of sp³-hybridized carbons (Fsp3) is 0. The summed E-state index contributed by atoms with van der Waals surface area (Å²) in [6.07, 6.45) is 0. The van der Waals surface area contributed by atoms with Crippen LogP contribution in [-0.4, -0.2) is 17.2 Å².